The highest BCUT2D eigenvalue weighted by molar-refractivity contribution is 8.15. The van der Waals surface area contributed by atoms with Crippen LogP contribution in [-0.4, -0.2) is 49.9 Å². The van der Waals surface area contributed by atoms with Gasteiger partial charge in [0.1, 0.15) is 0 Å². The quantitative estimate of drug-likeness (QED) is 0.682. The molecule has 1 saturated carbocycles. The minimum absolute atomic E-state index is 0.0364. The number of benzene rings is 1. The molecule has 0 saturated heterocycles. The average molecular weight is 466 g/mol. The number of carbonyl (C=O) groups excluding carboxylic acids is 2. The van der Waals surface area contributed by atoms with Gasteiger partial charge in [0.25, 0.3) is 15.9 Å². The van der Waals surface area contributed by atoms with E-state index in [2.05, 4.69) is 23.6 Å². The zero-order chi connectivity index (χ0) is 22.3. The largest absolute Gasteiger partial charge is 0.449 e. The monoisotopic (exact) mass is 465 g/mol. The fraction of sp³-hybridized carbons (Fsp3) is 0.571. The van der Waals surface area contributed by atoms with Gasteiger partial charge in [-0.05, 0) is 55.1 Å². The number of ether oxygens (including phenoxy) is 1. The maximum atomic E-state index is 12.6. The van der Waals surface area contributed by atoms with Crippen molar-refractivity contribution in [3.05, 3.63) is 23.8 Å². The fourth-order valence-corrected chi connectivity index (χ4v) is 6.52. The number of esters is 1. The van der Waals surface area contributed by atoms with E-state index in [1.54, 1.807) is 25.1 Å². The van der Waals surface area contributed by atoms with E-state index in [1.165, 1.54) is 18.2 Å². The van der Waals surface area contributed by atoms with Gasteiger partial charge in [-0.1, -0.05) is 26.7 Å². The first-order valence-electron chi connectivity index (χ1n) is 10.6. The molecule has 8 nitrogen and oxygen atoms in total. The Bertz CT molecular complexity index is 1040. The van der Waals surface area contributed by atoms with Gasteiger partial charge in [-0.25, -0.2) is 13.2 Å². The Labute approximate surface area is 186 Å². The number of hydrogen-bond acceptors (Lipinski definition) is 7. The van der Waals surface area contributed by atoms with Gasteiger partial charge in [-0.3, -0.25) is 4.79 Å². The van der Waals surface area contributed by atoms with Crippen LogP contribution in [0.15, 0.2) is 27.5 Å². The van der Waals surface area contributed by atoms with E-state index >= 15 is 0 Å². The van der Waals surface area contributed by atoms with Crippen molar-refractivity contribution >= 4 is 44.5 Å². The highest BCUT2D eigenvalue weighted by Crippen LogP contribution is 2.42. The zero-order valence-electron chi connectivity index (χ0n) is 17.8. The van der Waals surface area contributed by atoms with Crippen LogP contribution < -0.4 is 10.2 Å². The number of hydrogen-bond donors (Lipinski definition) is 1. The normalized spacial score (nSPS) is 27.5. The van der Waals surface area contributed by atoms with Gasteiger partial charge in [0.2, 0.25) is 0 Å². The number of carbonyl (C=O) groups is 2. The number of anilines is 1. The van der Waals surface area contributed by atoms with E-state index in [4.69, 9.17) is 4.74 Å². The maximum Gasteiger partial charge on any atom is 0.338 e. The lowest BCUT2D eigenvalue weighted by Crippen LogP contribution is -2.47. The number of sulfonamides is 1. The van der Waals surface area contributed by atoms with Crippen LogP contribution >= 0.6 is 11.8 Å². The van der Waals surface area contributed by atoms with E-state index in [9.17, 15) is 18.0 Å². The number of amides is 1. The first-order valence-corrected chi connectivity index (χ1v) is 13.0. The van der Waals surface area contributed by atoms with Crippen molar-refractivity contribution in [1.29, 1.82) is 0 Å². The van der Waals surface area contributed by atoms with Crippen LogP contribution in [0.25, 0.3) is 0 Å². The van der Waals surface area contributed by atoms with Crippen molar-refractivity contribution < 1.29 is 22.7 Å². The Balaban J connectivity index is 1.40. The van der Waals surface area contributed by atoms with Crippen LogP contribution in [0.2, 0.25) is 0 Å². The van der Waals surface area contributed by atoms with Gasteiger partial charge in [-0.15, -0.1) is 4.40 Å². The van der Waals surface area contributed by atoms with Gasteiger partial charge in [-0.2, -0.15) is 0 Å². The second-order valence-electron chi connectivity index (χ2n) is 8.53. The summed E-state index contributed by atoms with van der Waals surface area (Å²) in [5, 5.41) is 3.44. The van der Waals surface area contributed by atoms with Crippen LogP contribution in [0.1, 0.15) is 50.4 Å². The SMILES string of the molecule is C[C@H]1[C@@H](C)CCC[C@H]1NC(=O)[C@H](C)OC(=O)c1ccc2c(c1)SC1=NS(=O)(=O)CCN12. The highest BCUT2D eigenvalue weighted by atomic mass is 32.2. The molecule has 1 fully saturated rings. The zero-order valence-corrected chi connectivity index (χ0v) is 19.5. The molecule has 0 spiro atoms. The average Bonchev–Trinajstić information content (AvgIpc) is 3.06. The van der Waals surface area contributed by atoms with Crippen LogP contribution in [-0.2, 0) is 19.6 Å². The van der Waals surface area contributed by atoms with Gasteiger partial charge in [0, 0.05) is 17.5 Å². The Morgan fingerprint density at radius 1 is 1.29 bits per heavy atom. The van der Waals surface area contributed by atoms with Crippen LogP contribution in [0.5, 0.6) is 0 Å². The topological polar surface area (TPSA) is 105 Å². The lowest BCUT2D eigenvalue weighted by atomic mass is 9.78. The second-order valence-corrected chi connectivity index (χ2v) is 11.3. The van der Waals surface area contributed by atoms with Gasteiger partial charge in [0.05, 0.1) is 17.0 Å². The Morgan fingerprint density at radius 3 is 2.84 bits per heavy atom. The molecule has 31 heavy (non-hydrogen) atoms. The smallest absolute Gasteiger partial charge is 0.338 e. The van der Waals surface area contributed by atoms with E-state index in [0.717, 1.165) is 23.4 Å². The molecule has 0 aromatic heterocycles. The molecule has 1 amide bonds. The second kappa shape index (κ2) is 8.46. The number of nitrogens with zero attached hydrogens (tertiary/aromatic N) is 2. The Hall–Kier alpha value is -2.07. The number of thioether (sulfide) groups is 1. The van der Waals surface area contributed by atoms with Crippen molar-refractivity contribution in [2.75, 3.05) is 17.2 Å². The van der Waals surface area contributed by atoms with E-state index in [0.29, 0.717) is 29.1 Å². The van der Waals surface area contributed by atoms with Crippen molar-refractivity contribution in [2.24, 2.45) is 16.2 Å². The summed E-state index contributed by atoms with van der Waals surface area (Å²) < 4.78 is 32.7. The van der Waals surface area contributed by atoms with Crippen LogP contribution in [0.4, 0.5) is 5.69 Å². The molecule has 168 valence electrons. The van der Waals surface area contributed by atoms with Crippen molar-refractivity contribution in [3.8, 4) is 0 Å². The van der Waals surface area contributed by atoms with E-state index in [-0.39, 0.29) is 17.7 Å². The molecule has 0 bridgehead atoms. The number of fused-ring (bicyclic) bond motifs is 3. The molecule has 2 aliphatic heterocycles. The molecule has 4 rings (SSSR count). The Morgan fingerprint density at radius 2 is 2.06 bits per heavy atom. The van der Waals surface area contributed by atoms with Gasteiger partial charge < -0.3 is 15.0 Å². The van der Waals surface area contributed by atoms with Crippen molar-refractivity contribution in [2.45, 2.75) is 57.1 Å². The molecule has 1 aliphatic carbocycles. The minimum atomic E-state index is -3.44. The standard InChI is InChI=1S/C21H27N3O5S2/c1-12-5-4-6-16(13(12)2)22-19(25)14(3)29-20(26)15-7-8-17-18(11-15)30-21-23-31(27,28)10-9-24(17)21/h7-8,11-14,16H,4-6,9-10H2,1-3H3,(H,22,25)/t12-,13-,14-,16+/m0/s1. The summed E-state index contributed by atoms with van der Waals surface area (Å²) >= 11 is 1.21. The highest BCUT2D eigenvalue weighted by Gasteiger charge is 2.34. The van der Waals surface area contributed by atoms with Crippen LogP contribution in [0, 0.1) is 11.8 Å². The molecule has 4 atom stereocenters. The Kier molecular flexibility index (Phi) is 6.04. The number of amidine groups is 1. The molecule has 0 radical (unpaired) electrons. The summed E-state index contributed by atoms with van der Waals surface area (Å²) in [6.07, 6.45) is 2.29. The molecule has 10 heteroatoms. The number of rotatable bonds is 4. The molecule has 1 aromatic carbocycles. The lowest BCUT2D eigenvalue weighted by Gasteiger charge is -2.35. The summed E-state index contributed by atoms with van der Waals surface area (Å²) in [4.78, 5) is 27.8. The van der Waals surface area contributed by atoms with Crippen LogP contribution in [0.3, 0.4) is 0 Å². The molecular formula is C21H27N3O5S2. The minimum Gasteiger partial charge on any atom is -0.449 e. The van der Waals surface area contributed by atoms with Gasteiger partial charge in [0.15, 0.2) is 11.3 Å². The predicted molar refractivity (Wildman–Crippen MR) is 120 cm³/mol. The third-order valence-electron chi connectivity index (χ3n) is 6.40. The molecule has 1 aromatic rings. The fourth-order valence-electron chi connectivity index (χ4n) is 4.23. The molecule has 1 N–H and O–H groups in total. The van der Waals surface area contributed by atoms with Gasteiger partial charge >= 0.3 is 5.97 Å². The lowest BCUT2D eigenvalue weighted by molar-refractivity contribution is -0.130. The predicted octanol–water partition coefficient (Wildman–Crippen LogP) is 2.78. The molecular weight excluding hydrogens is 438 g/mol. The first kappa shape index (κ1) is 22.1. The summed E-state index contributed by atoms with van der Waals surface area (Å²) in [6, 6.07) is 5.15. The molecule has 0 unspecified atom stereocenters. The van der Waals surface area contributed by atoms with E-state index < -0.39 is 22.1 Å². The summed E-state index contributed by atoms with van der Waals surface area (Å²) in [5.41, 5.74) is 1.13. The van der Waals surface area contributed by atoms with E-state index in [1.807, 2.05) is 4.90 Å². The summed E-state index contributed by atoms with van der Waals surface area (Å²) in [6.45, 7) is 6.26. The van der Waals surface area contributed by atoms with Crippen molar-refractivity contribution in [3.63, 3.8) is 0 Å². The summed E-state index contributed by atoms with van der Waals surface area (Å²) in [7, 11) is -3.44. The first-order chi connectivity index (χ1) is 14.6. The van der Waals surface area contributed by atoms with Crippen molar-refractivity contribution in [1.82, 2.24) is 5.32 Å². The number of nitrogens with one attached hydrogen (secondary N) is 1. The molecule has 3 aliphatic rings. The third-order valence-corrected chi connectivity index (χ3v) is 8.70. The molecule has 2 heterocycles. The maximum absolute atomic E-state index is 12.6. The third kappa shape index (κ3) is 4.59. The summed E-state index contributed by atoms with van der Waals surface area (Å²) in [5.74, 6) is 0.0344.